The Balaban J connectivity index is 1.32. The minimum absolute atomic E-state index is 0.0639. The van der Waals surface area contributed by atoms with E-state index in [1.807, 2.05) is 31.0 Å². The first-order chi connectivity index (χ1) is 20.9. The zero-order valence-corrected chi connectivity index (χ0v) is 26.0. The van der Waals surface area contributed by atoms with Gasteiger partial charge in [0.15, 0.2) is 0 Å². The summed E-state index contributed by atoms with van der Waals surface area (Å²) in [6.45, 7) is 10.3. The summed E-state index contributed by atoms with van der Waals surface area (Å²) in [7, 11) is 0. The third-order valence-electron chi connectivity index (χ3n) is 8.78. The lowest BCUT2D eigenvalue weighted by Gasteiger charge is -2.47. The number of anilines is 1. The number of amides is 1. The summed E-state index contributed by atoms with van der Waals surface area (Å²) in [5.41, 5.74) is 3.32. The van der Waals surface area contributed by atoms with Crippen molar-refractivity contribution >= 4 is 40.3 Å². The predicted octanol–water partition coefficient (Wildman–Crippen LogP) is 6.30. The third kappa shape index (κ3) is 5.41. The molecule has 5 heterocycles. The molecule has 0 aliphatic carbocycles. The molecule has 230 valence electrons. The molecule has 0 bridgehead atoms. The first kappa shape index (κ1) is 30.0. The maximum absolute atomic E-state index is 14.4. The molecule has 2 fully saturated rings. The molecule has 9 nitrogen and oxygen atoms in total. The molecule has 11 heteroatoms. The first-order valence-corrected chi connectivity index (χ1v) is 15.2. The van der Waals surface area contributed by atoms with Crippen LogP contribution in [0.5, 0.6) is 0 Å². The highest BCUT2D eigenvalue weighted by Gasteiger charge is 2.38. The van der Waals surface area contributed by atoms with E-state index in [0.717, 1.165) is 23.8 Å². The SMILES string of the molecule is Cc1cc(N2CCN(C(=O)c3ccc4c(-c5ccc(Cl)c(F)c5)cn(C5CCOCC5)c4n3)C(C)(C)C2)nc(C)c1C(=O)O. The fraction of sp³-hybridized carbons (Fsp3) is 0.394. The largest absolute Gasteiger partial charge is 0.478 e. The van der Waals surface area contributed by atoms with Crippen LogP contribution < -0.4 is 4.90 Å². The van der Waals surface area contributed by atoms with Gasteiger partial charge in [0.05, 0.1) is 21.8 Å². The van der Waals surface area contributed by atoms with Gasteiger partial charge in [0.1, 0.15) is 23.0 Å². The highest BCUT2D eigenvalue weighted by Crippen LogP contribution is 2.36. The average Bonchev–Trinajstić information content (AvgIpc) is 3.36. The smallest absolute Gasteiger partial charge is 0.337 e. The fourth-order valence-corrected chi connectivity index (χ4v) is 6.66. The quantitative estimate of drug-likeness (QED) is 0.280. The number of halogens is 2. The number of fused-ring (bicyclic) bond motifs is 1. The van der Waals surface area contributed by atoms with Crippen LogP contribution >= 0.6 is 11.6 Å². The molecule has 1 N–H and O–H groups in total. The van der Waals surface area contributed by atoms with Crippen LogP contribution in [0.3, 0.4) is 0 Å². The van der Waals surface area contributed by atoms with Crippen LogP contribution in [0.4, 0.5) is 10.2 Å². The van der Waals surface area contributed by atoms with Crippen molar-refractivity contribution in [2.45, 2.75) is 52.1 Å². The van der Waals surface area contributed by atoms with Crippen molar-refractivity contribution < 1.29 is 23.8 Å². The molecule has 2 aliphatic heterocycles. The number of hydrogen-bond acceptors (Lipinski definition) is 6. The van der Waals surface area contributed by atoms with E-state index in [0.29, 0.717) is 66.8 Å². The Kier molecular flexibility index (Phi) is 7.83. The van der Waals surface area contributed by atoms with Crippen molar-refractivity contribution in [1.82, 2.24) is 19.4 Å². The molecule has 1 amide bonds. The van der Waals surface area contributed by atoms with E-state index in [1.165, 1.54) is 6.07 Å². The van der Waals surface area contributed by atoms with Crippen molar-refractivity contribution in [3.8, 4) is 11.1 Å². The normalized spacial score (nSPS) is 17.3. The van der Waals surface area contributed by atoms with Crippen LogP contribution in [-0.2, 0) is 4.74 Å². The number of aromatic carboxylic acids is 1. The first-order valence-electron chi connectivity index (χ1n) is 14.8. The molecule has 0 radical (unpaired) electrons. The number of carboxylic acids is 1. The molecule has 0 atom stereocenters. The van der Waals surface area contributed by atoms with Crippen molar-refractivity contribution in [3.63, 3.8) is 0 Å². The van der Waals surface area contributed by atoms with Crippen molar-refractivity contribution in [2.24, 2.45) is 0 Å². The van der Waals surface area contributed by atoms with Gasteiger partial charge >= 0.3 is 5.97 Å². The van der Waals surface area contributed by atoms with Gasteiger partial charge in [-0.15, -0.1) is 0 Å². The lowest BCUT2D eigenvalue weighted by Crippen LogP contribution is -2.61. The van der Waals surface area contributed by atoms with Crippen molar-refractivity contribution in [2.75, 3.05) is 37.7 Å². The van der Waals surface area contributed by atoms with E-state index in [2.05, 4.69) is 14.5 Å². The second-order valence-electron chi connectivity index (χ2n) is 12.2. The third-order valence-corrected chi connectivity index (χ3v) is 9.09. The van der Waals surface area contributed by atoms with Gasteiger partial charge < -0.3 is 24.2 Å². The van der Waals surface area contributed by atoms with Gasteiger partial charge in [-0.3, -0.25) is 4.79 Å². The molecule has 44 heavy (non-hydrogen) atoms. The Morgan fingerprint density at radius 2 is 1.82 bits per heavy atom. The molecule has 6 rings (SSSR count). The van der Waals surface area contributed by atoms with E-state index >= 15 is 0 Å². The van der Waals surface area contributed by atoms with Crippen molar-refractivity contribution in [3.05, 3.63) is 75.9 Å². The Labute approximate surface area is 260 Å². The maximum atomic E-state index is 14.4. The van der Waals surface area contributed by atoms with E-state index < -0.39 is 17.3 Å². The molecular formula is C33H35ClFN5O4. The average molecular weight is 620 g/mol. The van der Waals surface area contributed by atoms with Gasteiger partial charge in [0.2, 0.25) is 0 Å². The molecule has 0 saturated carbocycles. The Hall–Kier alpha value is -4.02. The van der Waals surface area contributed by atoms with Gasteiger partial charge in [-0.25, -0.2) is 19.2 Å². The summed E-state index contributed by atoms with van der Waals surface area (Å²) in [5.74, 6) is -0.952. The lowest BCUT2D eigenvalue weighted by atomic mass is 9.97. The van der Waals surface area contributed by atoms with Crippen LogP contribution in [0.25, 0.3) is 22.2 Å². The summed E-state index contributed by atoms with van der Waals surface area (Å²) >= 11 is 5.96. The molecule has 1 aromatic carbocycles. The van der Waals surface area contributed by atoms with Crippen LogP contribution in [0.15, 0.2) is 42.6 Å². The molecule has 2 aliphatic rings. The summed E-state index contributed by atoms with van der Waals surface area (Å²) in [5, 5.41) is 10.4. The van der Waals surface area contributed by atoms with Gasteiger partial charge in [-0.05, 0) is 82.0 Å². The monoisotopic (exact) mass is 619 g/mol. The zero-order chi connectivity index (χ0) is 31.3. The maximum Gasteiger partial charge on any atom is 0.337 e. The molecule has 4 aromatic rings. The Morgan fingerprint density at radius 3 is 2.48 bits per heavy atom. The minimum Gasteiger partial charge on any atom is -0.478 e. The van der Waals surface area contributed by atoms with Crippen molar-refractivity contribution in [1.29, 1.82) is 0 Å². The Bertz CT molecular complexity index is 1760. The molecule has 3 aromatic heterocycles. The van der Waals surface area contributed by atoms with Crippen LogP contribution in [0.1, 0.15) is 64.8 Å². The molecular weight excluding hydrogens is 585 g/mol. The number of carboxylic acid groups (broad SMARTS) is 1. The van der Waals surface area contributed by atoms with E-state index in [1.54, 1.807) is 38.1 Å². The number of pyridine rings is 2. The van der Waals surface area contributed by atoms with Gasteiger partial charge in [-0.2, -0.15) is 0 Å². The van der Waals surface area contributed by atoms with Crippen LogP contribution in [0, 0.1) is 19.7 Å². The van der Waals surface area contributed by atoms with Crippen LogP contribution in [0.2, 0.25) is 5.02 Å². The number of hydrogen-bond donors (Lipinski definition) is 1. The van der Waals surface area contributed by atoms with E-state index in [4.69, 9.17) is 21.3 Å². The minimum atomic E-state index is -0.991. The topological polar surface area (TPSA) is 101 Å². The second-order valence-corrected chi connectivity index (χ2v) is 12.7. The van der Waals surface area contributed by atoms with Gasteiger partial charge in [0.25, 0.3) is 5.91 Å². The highest BCUT2D eigenvalue weighted by molar-refractivity contribution is 6.30. The number of aromatic nitrogens is 3. The number of rotatable bonds is 5. The number of carbonyl (C=O) groups is 2. The summed E-state index contributed by atoms with van der Waals surface area (Å²) in [6, 6.07) is 10.4. The van der Waals surface area contributed by atoms with Gasteiger partial charge in [-0.1, -0.05) is 17.7 Å². The molecule has 0 unspecified atom stereocenters. The summed E-state index contributed by atoms with van der Waals surface area (Å²) < 4.78 is 22.2. The lowest BCUT2D eigenvalue weighted by molar-refractivity contribution is 0.0506. The molecule has 0 spiro atoms. The number of nitrogens with zero attached hydrogens (tertiary/aromatic N) is 5. The molecule has 2 saturated heterocycles. The number of carbonyl (C=O) groups excluding carboxylic acids is 1. The van der Waals surface area contributed by atoms with E-state index in [-0.39, 0.29) is 22.5 Å². The van der Waals surface area contributed by atoms with Crippen LogP contribution in [-0.4, -0.2) is 74.8 Å². The number of piperazine rings is 1. The fourth-order valence-electron chi connectivity index (χ4n) is 6.54. The standard InChI is InChI=1S/C33H35ClFN5O4/c1-19-15-28(36-20(2)29(19)32(42)43)38-11-12-40(33(3,4)18-38)31(41)27-8-6-23-24(21-5-7-25(34)26(35)16-21)17-39(30(23)37-27)22-9-13-44-14-10-22/h5-8,15-17,22H,9-14,18H2,1-4H3,(H,42,43). The zero-order valence-electron chi connectivity index (χ0n) is 25.2. The van der Waals surface area contributed by atoms with E-state index in [9.17, 15) is 19.1 Å². The second kappa shape index (κ2) is 11.5. The highest BCUT2D eigenvalue weighted by atomic mass is 35.5. The van der Waals surface area contributed by atoms with Gasteiger partial charge in [0, 0.05) is 56.0 Å². The number of ether oxygens (including phenoxy) is 1. The number of benzene rings is 1. The Morgan fingerprint density at radius 1 is 1.07 bits per heavy atom. The summed E-state index contributed by atoms with van der Waals surface area (Å²) in [4.78, 5) is 39.2. The predicted molar refractivity (Wildman–Crippen MR) is 167 cm³/mol. The summed E-state index contributed by atoms with van der Waals surface area (Å²) in [6.07, 6.45) is 3.63. The number of aryl methyl sites for hydroxylation is 2.